The maximum Gasteiger partial charge on any atom is 0.234 e. The average molecular weight is 496 g/mol. The van der Waals surface area contributed by atoms with Crippen LogP contribution in [0.25, 0.3) is 21.9 Å². The van der Waals surface area contributed by atoms with Crippen molar-refractivity contribution in [2.75, 3.05) is 49.4 Å². The van der Waals surface area contributed by atoms with Crippen molar-refractivity contribution < 1.29 is 18.7 Å². The van der Waals surface area contributed by atoms with Crippen LogP contribution in [0, 0.1) is 5.92 Å². The largest absolute Gasteiger partial charge is 0.495 e. The Bertz CT molecular complexity index is 1340. The monoisotopic (exact) mass is 495 g/mol. The molecule has 0 bridgehead atoms. The molecule has 2 aromatic carbocycles. The summed E-state index contributed by atoms with van der Waals surface area (Å²) in [6.45, 7) is 8.01. The number of para-hydroxylation sites is 1. The molecule has 1 amide bonds. The number of nitrogens with zero attached hydrogens (tertiary/aromatic N) is 4. The molecule has 0 saturated carbocycles. The predicted molar refractivity (Wildman–Crippen MR) is 138 cm³/mol. The van der Waals surface area contributed by atoms with Gasteiger partial charge in [-0.1, -0.05) is 43.8 Å². The van der Waals surface area contributed by atoms with Crippen molar-refractivity contribution in [3.05, 3.63) is 36.4 Å². The van der Waals surface area contributed by atoms with Gasteiger partial charge in [-0.25, -0.2) is 0 Å². The number of ether oxygens (including phenoxy) is 2. The second kappa shape index (κ2) is 10.2. The molecular formula is C25H29N5O4S. The summed E-state index contributed by atoms with van der Waals surface area (Å²) in [5.74, 6) is 1.87. The smallest absolute Gasteiger partial charge is 0.234 e. The number of rotatable bonds is 8. The molecule has 10 heteroatoms. The van der Waals surface area contributed by atoms with Crippen LogP contribution in [0.2, 0.25) is 0 Å². The van der Waals surface area contributed by atoms with Crippen molar-refractivity contribution in [3.63, 3.8) is 0 Å². The van der Waals surface area contributed by atoms with E-state index in [4.69, 9.17) is 13.9 Å². The fraction of sp³-hybridized carbons (Fsp3) is 0.400. The van der Waals surface area contributed by atoms with E-state index in [-0.39, 0.29) is 11.7 Å². The Kier molecular flexibility index (Phi) is 6.83. The SMILES string of the molecule is COc1cc2c(cc1NC(=O)CSc1nnc(N3CCOCC3)n1CC(C)C)oc1ccccc12. The number of morpholine rings is 1. The minimum absolute atomic E-state index is 0.157. The first-order valence-corrected chi connectivity index (χ1v) is 12.7. The van der Waals surface area contributed by atoms with E-state index in [0.717, 1.165) is 47.1 Å². The van der Waals surface area contributed by atoms with Gasteiger partial charge in [0.15, 0.2) is 5.16 Å². The Balaban J connectivity index is 1.32. The average Bonchev–Trinajstić information content (AvgIpc) is 3.42. The molecule has 0 radical (unpaired) electrons. The summed E-state index contributed by atoms with van der Waals surface area (Å²) in [6.07, 6.45) is 0. The van der Waals surface area contributed by atoms with E-state index in [0.29, 0.717) is 36.2 Å². The number of hydrogen-bond acceptors (Lipinski definition) is 8. The number of thioether (sulfide) groups is 1. The van der Waals surface area contributed by atoms with Crippen molar-refractivity contribution in [1.29, 1.82) is 0 Å². The van der Waals surface area contributed by atoms with E-state index in [1.165, 1.54) is 11.8 Å². The Morgan fingerprint density at radius 2 is 1.94 bits per heavy atom. The van der Waals surface area contributed by atoms with Crippen LogP contribution in [-0.4, -0.2) is 59.8 Å². The van der Waals surface area contributed by atoms with E-state index in [2.05, 4.69) is 38.8 Å². The number of benzene rings is 2. The van der Waals surface area contributed by atoms with Gasteiger partial charge in [0.2, 0.25) is 11.9 Å². The van der Waals surface area contributed by atoms with Gasteiger partial charge in [0.25, 0.3) is 0 Å². The lowest BCUT2D eigenvalue weighted by atomic mass is 10.1. The summed E-state index contributed by atoms with van der Waals surface area (Å²) in [7, 11) is 1.59. The van der Waals surface area contributed by atoms with Gasteiger partial charge < -0.3 is 24.1 Å². The maximum atomic E-state index is 12.9. The number of fused-ring (bicyclic) bond motifs is 3. The van der Waals surface area contributed by atoms with Crippen LogP contribution in [0.15, 0.2) is 46.0 Å². The van der Waals surface area contributed by atoms with Crippen LogP contribution in [0.1, 0.15) is 13.8 Å². The normalized spacial score (nSPS) is 14.2. The van der Waals surface area contributed by atoms with E-state index < -0.39 is 0 Å². The molecule has 1 aliphatic heterocycles. The third-order valence-corrected chi connectivity index (χ3v) is 6.81. The molecule has 2 aromatic heterocycles. The van der Waals surface area contributed by atoms with Crippen molar-refractivity contribution >= 4 is 51.2 Å². The first-order chi connectivity index (χ1) is 17.0. The van der Waals surface area contributed by atoms with Gasteiger partial charge in [0.05, 0.1) is 31.8 Å². The van der Waals surface area contributed by atoms with Crippen LogP contribution < -0.4 is 15.0 Å². The fourth-order valence-corrected chi connectivity index (χ4v) is 4.99. The third-order valence-electron chi connectivity index (χ3n) is 5.84. The Morgan fingerprint density at radius 1 is 1.14 bits per heavy atom. The summed E-state index contributed by atoms with van der Waals surface area (Å²) in [5.41, 5.74) is 2.06. The van der Waals surface area contributed by atoms with Gasteiger partial charge in [-0.05, 0) is 18.1 Å². The van der Waals surface area contributed by atoms with Gasteiger partial charge in [-0.3, -0.25) is 9.36 Å². The molecule has 1 saturated heterocycles. The molecule has 0 unspecified atom stereocenters. The highest BCUT2D eigenvalue weighted by Crippen LogP contribution is 2.36. The summed E-state index contributed by atoms with van der Waals surface area (Å²) in [5, 5.41) is 14.5. The molecule has 0 spiro atoms. The van der Waals surface area contributed by atoms with E-state index in [1.807, 2.05) is 36.4 Å². The molecule has 1 fully saturated rings. The molecule has 1 N–H and O–H groups in total. The van der Waals surface area contributed by atoms with Gasteiger partial charge >= 0.3 is 0 Å². The fourth-order valence-electron chi connectivity index (χ4n) is 4.24. The molecular weight excluding hydrogens is 466 g/mol. The Hall–Kier alpha value is -3.24. The number of carbonyl (C=O) groups is 1. The number of anilines is 2. The zero-order chi connectivity index (χ0) is 24.4. The standard InChI is InChI=1S/C25H29N5O4S/c1-16(2)14-30-24(29-8-10-33-11-9-29)27-28-25(30)35-15-23(31)26-19-13-21-18(12-22(19)32-3)17-6-4-5-7-20(17)34-21/h4-7,12-13,16H,8-11,14-15H2,1-3H3,(H,26,31). The maximum absolute atomic E-state index is 12.9. The summed E-state index contributed by atoms with van der Waals surface area (Å²) in [6, 6.07) is 11.6. The van der Waals surface area contributed by atoms with E-state index >= 15 is 0 Å². The lowest BCUT2D eigenvalue weighted by Crippen LogP contribution is -2.38. The zero-order valence-electron chi connectivity index (χ0n) is 20.1. The molecule has 1 aliphatic rings. The molecule has 9 nitrogen and oxygen atoms in total. The van der Waals surface area contributed by atoms with Gasteiger partial charge in [-0.15, -0.1) is 10.2 Å². The number of hydrogen-bond donors (Lipinski definition) is 1. The minimum atomic E-state index is -0.157. The van der Waals surface area contributed by atoms with Crippen molar-refractivity contribution in [1.82, 2.24) is 14.8 Å². The molecule has 5 rings (SSSR count). The number of aromatic nitrogens is 3. The summed E-state index contributed by atoms with van der Waals surface area (Å²) < 4.78 is 19.1. The molecule has 3 heterocycles. The third kappa shape index (κ3) is 4.94. The number of amides is 1. The van der Waals surface area contributed by atoms with Gasteiger partial charge in [-0.2, -0.15) is 0 Å². The lowest BCUT2D eigenvalue weighted by molar-refractivity contribution is -0.113. The second-order valence-electron chi connectivity index (χ2n) is 8.87. The predicted octanol–water partition coefficient (Wildman–Crippen LogP) is 4.41. The van der Waals surface area contributed by atoms with Crippen molar-refractivity contribution in [2.45, 2.75) is 25.5 Å². The lowest BCUT2D eigenvalue weighted by Gasteiger charge is -2.28. The number of methoxy groups -OCH3 is 1. The Labute approximate surface area is 207 Å². The number of nitrogens with one attached hydrogen (secondary N) is 1. The van der Waals surface area contributed by atoms with E-state index in [1.54, 1.807) is 7.11 Å². The highest BCUT2D eigenvalue weighted by molar-refractivity contribution is 7.99. The van der Waals surface area contributed by atoms with E-state index in [9.17, 15) is 4.79 Å². The minimum Gasteiger partial charge on any atom is -0.495 e. The first-order valence-electron chi connectivity index (χ1n) is 11.7. The molecule has 0 aliphatic carbocycles. The second-order valence-corrected chi connectivity index (χ2v) is 9.81. The molecule has 35 heavy (non-hydrogen) atoms. The van der Waals surface area contributed by atoms with Gasteiger partial charge in [0.1, 0.15) is 16.9 Å². The molecule has 184 valence electrons. The number of carbonyl (C=O) groups excluding carboxylic acids is 1. The molecule has 0 atom stereocenters. The van der Waals surface area contributed by atoms with Crippen LogP contribution in [0.4, 0.5) is 11.6 Å². The summed E-state index contributed by atoms with van der Waals surface area (Å²) >= 11 is 1.38. The van der Waals surface area contributed by atoms with Gasteiger partial charge in [0, 0.05) is 36.5 Å². The van der Waals surface area contributed by atoms with Crippen LogP contribution in [0.5, 0.6) is 5.75 Å². The quantitative estimate of drug-likeness (QED) is 0.359. The zero-order valence-corrected chi connectivity index (χ0v) is 20.9. The topological polar surface area (TPSA) is 94.6 Å². The van der Waals surface area contributed by atoms with Crippen LogP contribution >= 0.6 is 11.8 Å². The van der Waals surface area contributed by atoms with Crippen LogP contribution in [0.3, 0.4) is 0 Å². The number of furan rings is 1. The van der Waals surface area contributed by atoms with Crippen molar-refractivity contribution in [2.24, 2.45) is 5.92 Å². The summed E-state index contributed by atoms with van der Waals surface area (Å²) in [4.78, 5) is 15.1. The highest BCUT2D eigenvalue weighted by atomic mass is 32.2. The molecule has 4 aromatic rings. The van der Waals surface area contributed by atoms with Crippen molar-refractivity contribution in [3.8, 4) is 5.75 Å². The first kappa shape index (κ1) is 23.5. The Morgan fingerprint density at radius 3 is 2.71 bits per heavy atom. The highest BCUT2D eigenvalue weighted by Gasteiger charge is 2.22. The van der Waals surface area contributed by atoms with Crippen LogP contribution in [-0.2, 0) is 16.1 Å².